The zero-order valence-electron chi connectivity index (χ0n) is 17.6. The molecular formula is C24H29BrN2O3. The summed E-state index contributed by atoms with van der Waals surface area (Å²) in [6, 6.07) is 11.8. The Hall–Kier alpha value is -2.34. The molecule has 0 fully saturated rings. The zero-order valence-corrected chi connectivity index (χ0v) is 19.4. The Balaban J connectivity index is 0.00000256. The van der Waals surface area contributed by atoms with Crippen molar-refractivity contribution in [2.24, 2.45) is 4.99 Å². The third kappa shape index (κ3) is 5.04. The smallest absolute Gasteiger partial charge is 0.182 e. The van der Waals surface area contributed by atoms with Crippen LogP contribution in [0.25, 0.3) is 0 Å². The molecule has 0 atom stereocenters. The lowest BCUT2D eigenvalue weighted by Gasteiger charge is -2.28. The highest BCUT2D eigenvalue weighted by Gasteiger charge is 2.22. The van der Waals surface area contributed by atoms with Gasteiger partial charge in [0, 0.05) is 24.2 Å². The molecule has 0 N–H and O–H groups in total. The molecule has 0 aromatic heterocycles. The van der Waals surface area contributed by atoms with Crippen LogP contribution in [0.5, 0.6) is 11.5 Å². The van der Waals surface area contributed by atoms with Crippen LogP contribution >= 0.6 is 17.0 Å². The van der Waals surface area contributed by atoms with Crippen molar-refractivity contribution in [1.29, 1.82) is 0 Å². The second kappa shape index (κ2) is 10.1. The number of nitrogens with zero attached hydrogens (tertiary/aromatic N) is 2. The highest BCUT2D eigenvalue weighted by atomic mass is 79.9. The van der Waals surface area contributed by atoms with Crippen molar-refractivity contribution in [1.82, 2.24) is 0 Å². The highest BCUT2D eigenvalue weighted by Crippen LogP contribution is 2.31. The number of rotatable bonds is 4. The van der Waals surface area contributed by atoms with Crippen molar-refractivity contribution in [3.8, 4) is 11.5 Å². The summed E-state index contributed by atoms with van der Waals surface area (Å²) in [5.41, 5.74) is 4.03. The summed E-state index contributed by atoms with van der Waals surface area (Å²) in [7, 11) is 0. The standard InChI is InChI=1S/C24H28N2O3.BrH/c1-17-7-8-18(2)20(14-17)26(24-6-4-3-5-11-25-24)16-21(27)19-9-10-22-23(15-19)29-13-12-28-22;/h7-10,14-15H,3-6,11-13,16H2,1-2H3;1H. The number of Topliss-reactive ketones (excluding diaryl/α,β-unsaturated/α-hetero) is 1. The van der Waals surface area contributed by atoms with Crippen LogP contribution in [0.1, 0.15) is 47.2 Å². The largest absolute Gasteiger partial charge is 0.486 e. The maximum absolute atomic E-state index is 13.2. The van der Waals surface area contributed by atoms with Gasteiger partial charge in [-0.15, -0.1) is 17.0 Å². The van der Waals surface area contributed by atoms with Crippen molar-refractivity contribution in [3.05, 3.63) is 53.1 Å². The van der Waals surface area contributed by atoms with Crippen LogP contribution in [-0.4, -0.2) is 37.9 Å². The molecule has 0 aliphatic carbocycles. The van der Waals surface area contributed by atoms with Crippen LogP contribution in [0.3, 0.4) is 0 Å². The van der Waals surface area contributed by atoms with Gasteiger partial charge < -0.3 is 14.4 Å². The SMILES string of the molecule is Br.Cc1ccc(C)c(N(CC(=O)c2ccc3c(c2)OCCO3)C2=NCCCCC2)c1. The fraction of sp³-hybridized carbons (Fsp3) is 0.417. The normalized spacial score (nSPS) is 15.5. The fourth-order valence-electron chi connectivity index (χ4n) is 3.86. The molecule has 160 valence electrons. The van der Waals surface area contributed by atoms with Crippen LogP contribution in [0, 0.1) is 13.8 Å². The first kappa shape index (κ1) is 22.3. The Morgan fingerprint density at radius 1 is 1.00 bits per heavy atom. The van der Waals surface area contributed by atoms with E-state index >= 15 is 0 Å². The number of ether oxygens (including phenoxy) is 2. The number of aryl methyl sites for hydroxylation is 2. The molecule has 0 radical (unpaired) electrons. The molecule has 0 unspecified atom stereocenters. The van der Waals surface area contributed by atoms with Gasteiger partial charge >= 0.3 is 0 Å². The van der Waals surface area contributed by atoms with Gasteiger partial charge in [-0.05, 0) is 62.1 Å². The minimum absolute atomic E-state index is 0. The maximum Gasteiger partial charge on any atom is 0.182 e. The predicted molar refractivity (Wildman–Crippen MR) is 126 cm³/mol. The van der Waals surface area contributed by atoms with Crippen molar-refractivity contribution >= 4 is 34.3 Å². The number of aliphatic imine (C=N–C) groups is 1. The number of benzene rings is 2. The van der Waals surface area contributed by atoms with E-state index in [-0.39, 0.29) is 29.3 Å². The summed E-state index contributed by atoms with van der Waals surface area (Å²) in [6.07, 6.45) is 4.31. The summed E-state index contributed by atoms with van der Waals surface area (Å²) in [4.78, 5) is 20.2. The van der Waals surface area contributed by atoms with Gasteiger partial charge in [-0.1, -0.05) is 18.6 Å². The number of hydrogen-bond acceptors (Lipinski definition) is 5. The van der Waals surface area contributed by atoms with E-state index in [0.29, 0.717) is 30.3 Å². The summed E-state index contributed by atoms with van der Waals surface area (Å²) >= 11 is 0. The molecule has 2 aliphatic rings. The van der Waals surface area contributed by atoms with Crippen LogP contribution in [0.4, 0.5) is 5.69 Å². The van der Waals surface area contributed by atoms with Crippen molar-refractivity contribution in [2.75, 3.05) is 31.2 Å². The Labute approximate surface area is 188 Å². The van der Waals surface area contributed by atoms with E-state index in [0.717, 1.165) is 42.9 Å². The lowest BCUT2D eigenvalue weighted by atomic mass is 10.1. The Bertz CT molecular complexity index is 942. The van der Waals surface area contributed by atoms with Gasteiger partial charge in [-0.2, -0.15) is 0 Å². The third-order valence-electron chi connectivity index (χ3n) is 5.49. The summed E-state index contributed by atoms with van der Waals surface area (Å²) in [6.45, 7) is 6.32. The van der Waals surface area contributed by atoms with Gasteiger partial charge in [0.15, 0.2) is 17.3 Å². The average Bonchev–Trinajstić information content (AvgIpc) is 3.03. The third-order valence-corrected chi connectivity index (χ3v) is 5.49. The molecule has 5 nitrogen and oxygen atoms in total. The lowest BCUT2D eigenvalue weighted by Crippen LogP contribution is -2.36. The van der Waals surface area contributed by atoms with E-state index in [1.807, 2.05) is 12.1 Å². The first-order valence-corrected chi connectivity index (χ1v) is 10.4. The van der Waals surface area contributed by atoms with E-state index in [9.17, 15) is 4.79 Å². The number of halogens is 1. The molecule has 2 aliphatic heterocycles. The molecule has 0 saturated carbocycles. The molecule has 0 saturated heterocycles. The first-order valence-electron chi connectivity index (χ1n) is 10.4. The molecular weight excluding hydrogens is 444 g/mol. The molecule has 2 aromatic rings. The summed E-state index contributed by atoms with van der Waals surface area (Å²) in [5, 5.41) is 0. The highest BCUT2D eigenvalue weighted by molar-refractivity contribution is 8.93. The van der Waals surface area contributed by atoms with Gasteiger partial charge in [0.2, 0.25) is 0 Å². The van der Waals surface area contributed by atoms with Crippen molar-refractivity contribution < 1.29 is 14.3 Å². The fourth-order valence-corrected chi connectivity index (χ4v) is 3.86. The Kier molecular flexibility index (Phi) is 7.53. The number of ketones is 1. The average molecular weight is 473 g/mol. The predicted octanol–water partition coefficient (Wildman–Crippen LogP) is 5.31. The van der Waals surface area contributed by atoms with E-state index in [1.165, 1.54) is 12.0 Å². The lowest BCUT2D eigenvalue weighted by molar-refractivity contribution is 0.100. The number of carbonyl (C=O) groups excluding carboxylic acids is 1. The summed E-state index contributed by atoms with van der Waals surface area (Å²) < 4.78 is 11.2. The number of amidine groups is 1. The minimum Gasteiger partial charge on any atom is -0.486 e. The number of fused-ring (bicyclic) bond motifs is 1. The topological polar surface area (TPSA) is 51.1 Å². The molecule has 0 bridgehead atoms. The zero-order chi connectivity index (χ0) is 20.2. The molecule has 2 aromatic carbocycles. The van der Waals surface area contributed by atoms with E-state index < -0.39 is 0 Å². The maximum atomic E-state index is 13.2. The van der Waals surface area contributed by atoms with Crippen molar-refractivity contribution in [2.45, 2.75) is 39.5 Å². The second-order valence-corrected chi connectivity index (χ2v) is 7.77. The van der Waals surface area contributed by atoms with Crippen LogP contribution in [0.2, 0.25) is 0 Å². The quantitative estimate of drug-likeness (QED) is 0.565. The number of hydrogen-bond donors (Lipinski definition) is 0. The molecule has 30 heavy (non-hydrogen) atoms. The molecule has 4 rings (SSSR count). The second-order valence-electron chi connectivity index (χ2n) is 7.77. The van der Waals surface area contributed by atoms with E-state index in [1.54, 1.807) is 6.07 Å². The monoisotopic (exact) mass is 472 g/mol. The van der Waals surface area contributed by atoms with Crippen molar-refractivity contribution in [3.63, 3.8) is 0 Å². The molecule has 2 heterocycles. The van der Waals surface area contributed by atoms with Gasteiger partial charge in [0.1, 0.15) is 19.0 Å². The van der Waals surface area contributed by atoms with Gasteiger partial charge in [-0.25, -0.2) is 0 Å². The Morgan fingerprint density at radius 3 is 2.63 bits per heavy atom. The van der Waals surface area contributed by atoms with Crippen LogP contribution < -0.4 is 14.4 Å². The van der Waals surface area contributed by atoms with Gasteiger partial charge in [0.05, 0.1) is 6.54 Å². The number of carbonyl (C=O) groups is 1. The minimum atomic E-state index is 0. The summed E-state index contributed by atoms with van der Waals surface area (Å²) in [5.74, 6) is 2.41. The number of anilines is 1. The first-order chi connectivity index (χ1) is 14.1. The van der Waals surface area contributed by atoms with Gasteiger partial charge in [0.25, 0.3) is 0 Å². The van der Waals surface area contributed by atoms with E-state index in [2.05, 4.69) is 36.9 Å². The van der Waals surface area contributed by atoms with Crippen LogP contribution in [-0.2, 0) is 0 Å². The Morgan fingerprint density at radius 2 is 1.80 bits per heavy atom. The van der Waals surface area contributed by atoms with Gasteiger partial charge in [-0.3, -0.25) is 9.79 Å². The van der Waals surface area contributed by atoms with E-state index in [4.69, 9.17) is 14.5 Å². The van der Waals surface area contributed by atoms with Crippen LogP contribution in [0.15, 0.2) is 41.4 Å². The molecule has 0 amide bonds. The molecule has 0 spiro atoms. The molecule has 6 heteroatoms.